The van der Waals surface area contributed by atoms with Crippen LogP contribution in [0, 0.1) is 0 Å². The highest BCUT2D eigenvalue weighted by atomic mass is 31.2. The second-order valence-corrected chi connectivity index (χ2v) is 19.3. The summed E-state index contributed by atoms with van der Waals surface area (Å²) in [4.78, 5) is 35.4. The molecule has 0 aliphatic heterocycles. The van der Waals surface area contributed by atoms with Crippen molar-refractivity contribution >= 4 is 19.8 Å². The van der Waals surface area contributed by atoms with Crippen molar-refractivity contribution in [2.24, 2.45) is 0 Å². The molecule has 0 amide bonds. The zero-order chi connectivity index (χ0) is 47.1. The Morgan fingerprint density at radius 3 is 1.33 bits per heavy atom. The predicted molar refractivity (Wildman–Crippen MR) is 270 cm³/mol. The Morgan fingerprint density at radius 1 is 0.500 bits per heavy atom. The molecule has 0 saturated carbocycles. The number of phosphoric ester groups is 1. The smallest absolute Gasteiger partial charge is 0.462 e. The van der Waals surface area contributed by atoms with Crippen LogP contribution in [-0.4, -0.2) is 74.9 Å². The van der Waals surface area contributed by atoms with E-state index in [1.54, 1.807) is 0 Å². The molecule has 0 aromatic carbocycles. The average molecular weight is 917 g/mol. The topological polar surface area (TPSA) is 108 Å². The van der Waals surface area contributed by atoms with Crippen LogP contribution in [0.25, 0.3) is 0 Å². The molecule has 0 heterocycles. The molecule has 64 heavy (non-hydrogen) atoms. The lowest BCUT2D eigenvalue weighted by Crippen LogP contribution is -2.37. The van der Waals surface area contributed by atoms with Crippen LogP contribution in [0.4, 0.5) is 0 Å². The van der Waals surface area contributed by atoms with Crippen molar-refractivity contribution < 1.29 is 42.1 Å². The summed E-state index contributed by atoms with van der Waals surface area (Å²) in [5, 5.41) is 0. The molecule has 0 aromatic heterocycles. The maximum Gasteiger partial charge on any atom is 0.472 e. The fourth-order valence-corrected chi connectivity index (χ4v) is 7.26. The monoisotopic (exact) mass is 917 g/mol. The minimum absolute atomic E-state index is 0.0262. The Bertz CT molecular complexity index is 1360. The van der Waals surface area contributed by atoms with E-state index in [9.17, 15) is 19.0 Å². The van der Waals surface area contributed by atoms with Gasteiger partial charge in [0.15, 0.2) is 6.10 Å². The summed E-state index contributed by atoms with van der Waals surface area (Å²) in [6.45, 7) is 4.28. The van der Waals surface area contributed by atoms with Crippen LogP contribution in [-0.2, 0) is 32.7 Å². The molecule has 10 heteroatoms. The van der Waals surface area contributed by atoms with Crippen LogP contribution < -0.4 is 0 Å². The van der Waals surface area contributed by atoms with Crippen molar-refractivity contribution in [2.45, 2.75) is 200 Å². The largest absolute Gasteiger partial charge is 0.472 e. The summed E-state index contributed by atoms with van der Waals surface area (Å²) in [5.41, 5.74) is 0. The minimum atomic E-state index is -4.38. The van der Waals surface area contributed by atoms with Crippen LogP contribution in [0.2, 0.25) is 0 Å². The molecule has 0 radical (unpaired) electrons. The van der Waals surface area contributed by atoms with Gasteiger partial charge >= 0.3 is 19.8 Å². The fourth-order valence-electron chi connectivity index (χ4n) is 6.52. The Labute approximate surface area is 392 Å². The first-order valence-corrected chi connectivity index (χ1v) is 26.8. The molecule has 0 rings (SSSR count). The number of carbonyl (C=O) groups excluding carboxylic acids is 2. The number of unbranched alkanes of at least 4 members (excludes halogenated alkanes) is 17. The third kappa shape index (κ3) is 48.6. The molecule has 0 bridgehead atoms. The summed E-state index contributed by atoms with van der Waals surface area (Å²) in [7, 11) is 1.46. The summed E-state index contributed by atoms with van der Waals surface area (Å²) >= 11 is 0. The van der Waals surface area contributed by atoms with E-state index in [-0.39, 0.29) is 32.0 Å². The van der Waals surface area contributed by atoms with E-state index in [4.69, 9.17) is 18.5 Å². The second-order valence-electron chi connectivity index (χ2n) is 17.8. The van der Waals surface area contributed by atoms with Crippen molar-refractivity contribution in [3.05, 3.63) is 85.1 Å². The van der Waals surface area contributed by atoms with Gasteiger partial charge in [0.2, 0.25) is 0 Å². The molecule has 2 atom stereocenters. The SMILES string of the molecule is CC/C=C\C/C=C\C/C=C\C/C=C\C/C=C\C/C=C\C/C=C\CCCCCCCCCC(=O)OC(COC(=O)CCCCCCCCCCCCC)COP(=O)(O)OCC[N+](C)(C)C. The first kappa shape index (κ1) is 61.2. The van der Waals surface area contributed by atoms with E-state index in [0.29, 0.717) is 17.4 Å². The molecule has 368 valence electrons. The lowest BCUT2D eigenvalue weighted by molar-refractivity contribution is -0.870. The zero-order valence-corrected chi connectivity index (χ0v) is 42.4. The Hall–Kier alpha value is -2.81. The summed E-state index contributed by atoms with van der Waals surface area (Å²) in [5.74, 6) is -0.815. The number of phosphoric acid groups is 1. The van der Waals surface area contributed by atoms with Crippen LogP contribution >= 0.6 is 7.82 Å². The average Bonchev–Trinajstić information content (AvgIpc) is 3.25. The Kier molecular flexibility index (Phi) is 43.4. The third-order valence-corrected chi connectivity index (χ3v) is 11.4. The van der Waals surface area contributed by atoms with Gasteiger partial charge in [-0.2, -0.15) is 0 Å². The summed E-state index contributed by atoms with van der Waals surface area (Å²) < 4.78 is 34.4. The number of quaternary nitrogens is 1. The van der Waals surface area contributed by atoms with Gasteiger partial charge in [0.05, 0.1) is 27.7 Å². The van der Waals surface area contributed by atoms with Crippen LogP contribution in [0.5, 0.6) is 0 Å². The molecular weight excluding hydrogens is 822 g/mol. The van der Waals surface area contributed by atoms with E-state index in [1.165, 1.54) is 70.6 Å². The zero-order valence-electron chi connectivity index (χ0n) is 41.5. The van der Waals surface area contributed by atoms with Crippen molar-refractivity contribution in [3.63, 3.8) is 0 Å². The molecule has 0 aromatic rings. The van der Waals surface area contributed by atoms with Crippen LogP contribution in [0.3, 0.4) is 0 Å². The number of hydrogen-bond acceptors (Lipinski definition) is 7. The number of ether oxygens (including phenoxy) is 2. The number of esters is 2. The number of rotatable bonds is 45. The van der Waals surface area contributed by atoms with Crippen molar-refractivity contribution in [1.29, 1.82) is 0 Å². The van der Waals surface area contributed by atoms with Crippen molar-refractivity contribution in [1.82, 2.24) is 0 Å². The quantitative estimate of drug-likeness (QED) is 0.0212. The predicted octanol–water partition coefficient (Wildman–Crippen LogP) is 15.1. The van der Waals surface area contributed by atoms with Gasteiger partial charge in [-0.25, -0.2) is 4.57 Å². The van der Waals surface area contributed by atoms with Gasteiger partial charge < -0.3 is 18.9 Å². The lowest BCUT2D eigenvalue weighted by atomic mass is 10.1. The highest BCUT2D eigenvalue weighted by molar-refractivity contribution is 7.47. The van der Waals surface area contributed by atoms with Gasteiger partial charge in [-0.1, -0.05) is 195 Å². The fraction of sp³-hybridized carbons (Fsp3) is 0.704. The summed E-state index contributed by atoms with van der Waals surface area (Å²) in [6.07, 6.45) is 59.2. The number of nitrogens with zero attached hydrogens (tertiary/aromatic N) is 1. The highest BCUT2D eigenvalue weighted by Crippen LogP contribution is 2.43. The normalized spacial score (nSPS) is 14.2. The first-order chi connectivity index (χ1) is 31.0. The van der Waals surface area contributed by atoms with Crippen molar-refractivity contribution in [2.75, 3.05) is 47.5 Å². The number of carbonyl (C=O) groups is 2. The number of hydrogen-bond donors (Lipinski definition) is 1. The molecule has 9 nitrogen and oxygen atoms in total. The van der Waals surface area contributed by atoms with Gasteiger partial charge in [-0.05, 0) is 70.6 Å². The molecule has 0 saturated heterocycles. The molecule has 0 fully saturated rings. The van der Waals surface area contributed by atoms with Gasteiger partial charge in [-0.3, -0.25) is 18.6 Å². The van der Waals surface area contributed by atoms with E-state index >= 15 is 0 Å². The number of likely N-dealkylation sites (N-methyl/N-ethyl adjacent to an activating group) is 1. The van der Waals surface area contributed by atoms with Gasteiger partial charge in [0, 0.05) is 12.8 Å². The van der Waals surface area contributed by atoms with E-state index < -0.39 is 26.5 Å². The van der Waals surface area contributed by atoms with E-state index in [2.05, 4.69) is 98.9 Å². The Balaban J connectivity index is 4.22. The van der Waals surface area contributed by atoms with Gasteiger partial charge in [-0.15, -0.1) is 0 Å². The second kappa shape index (κ2) is 45.4. The maximum absolute atomic E-state index is 12.7. The molecule has 0 spiro atoms. The Morgan fingerprint density at radius 2 is 0.891 bits per heavy atom. The molecule has 0 aliphatic carbocycles. The third-order valence-electron chi connectivity index (χ3n) is 10.4. The number of allylic oxidation sites excluding steroid dienone is 14. The van der Waals surface area contributed by atoms with E-state index in [0.717, 1.165) is 89.9 Å². The van der Waals surface area contributed by atoms with Crippen LogP contribution in [0.15, 0.2) is 85.1 Å². The van der Waals surface area contributed by atoms with Crippen molar-refractivity contribution in [3.8, 4) is 0 Å². The van der Waals surface area contributed by atoms with E-state index in [1.807, 2.05) is 21.1 Å². The standard InChI is InChI=1S/C54H94NO8P/c1-6-8-10-12-14-16-18-19-20-21-22-23-24-25-26-27-28-29-30-31-32-33-34-35-37-39-41-43-45-47-54(57)63-52(51-62-64(58,59)61-49-48-55(3,4)5)50-60-53(56)46-44-42-40-38-36-17-15-13-11-9-7-2/h8,10,14,16,19-20,22-23,25-26,28-29,31-32,52H,6-7,9,11-13,15,17-18,21,24,27,30,33-51H2,1-5H3/p+1/b10-8-,16-14-,20-19-,23-22-,26-25-,29-28-,32-31-. The maximum atomic E-state index is 12.7. The molecule has 2 unspecified atom stereocenters. The molecule has 1 N–H and O–H groups in total. The highest BCUT2D eigenvalue weighted by Gasteiger charge is 2.27. The van der Waals surface area contributed by atoms with Gasteiger partial charge in [0.1, 0.15) is 19.8 Å². The molecular formula is C54H95NO8P+. The van der Waals surface area contributed by atoms with Crippen LogP contribution in [0.1, 0.15) is 194 Å². The first-order valence-electron chi connectivity index (χ1n) is 25.3. The van der Waals surface area contributed by atoms with Gasteiger partial charge in [0.25, 0.3) is 0 Å². The lowest BCUT2D eigenvalue weighted by Gasteiger charge is -2.24. The molecule has 0 aliphatic rings. The minimum Gasteiger partial charge on any atom is -0.462 e. The summed E-state index contributed by atoms with van der Waals surface area (Å²) in [6, 6.07) is 0.